The van der Waals surface area contributed by atoms with Crippen LogP contribution in [0.2, 0.25) is 0 Å². The summed E-state index contributed by atoms with van der Waals surface area (Å²) in [7, 11) is 0. The summed E-state index contributed by atoms with van der Waals surface area (Å²) in [4.78, 5) is 23.3. The number of amides is 2. The summed E-state index contributed by atoms with van der Waals surface area (Å²) < 4.78 is 0. The van der Waals surface area contributed by atoms with Crippen LogP contribution in [0.1, 0.15) is 31.2 Å². The van der Waals surface area contributed by atoms with Crippen molar-refractivity contribution < 1.29 is 9.59 Å². The van der Waals surface area contributed by atoms with E-state index in [0.29, 0.717) is 25.2 Å². The van der Waals surface area contributed by atoms with Gasteiger partial charge in [0.1, 0.15) is 0 Å². The maximum absolute atomic E-state index is 11.7. The third-order valence-corrected chi connectivity index (χ3v) is 3.80. The zero-order valence-corrected chi connectivity index (χ0v) is 12.2. The van der Waals surface area contributed by atoms with E-state index in [0.717, 1.165) is 24.8 Å². The van der Waals surface area contributed by atoms with Gasteiger partial charge in [-0.1, -0.05) is 18.6 Å². The van der Waals surface area contributed by atoms with Crippen molar-refractivity contribution in [1.29, 1.82) is 0 Å². The lowest BCUT2D eigenvalue weighted by molar-refractivity contribution is -0.127. The predicted octanol–water partition coefficient (Wildman–Crippen LogP) is 1.23. The molecule has 0 spiro atoms. The quantitative estimate of drug-likeness (QED) is 0.521. The van der Waals surface area contributed by atoms with Gasteiger partial charge in [0.05, 0.1) is 6.42 Å². The minimum atomic E-state index is -0.00918. The van der Waals surface area contributed by atoms with Gasteiger partial charge >= 0.3 is 0 Å². The molecule has 5 nitrogen and oxygen atoms in total. The number of hydrogen-bond donors (Lipinski definition) is 3. The summed E-state index contributed by atoms with van der Waals surface area (Å²) in [6.45, 7) is 1.20. The molecule has 4 N–H and O–H groups in total. The number of carbonyl (C=O) groups is 2. The first kappa shape index (κ1) is 15.4. The van der Waals surface area contributed by atoms with Gasteiger partial charge in [-0.05, 0) is 37.0 Å². The Kier molecular flexibility index (Phi) is 5.60. The molecule has 0 saturated heterocycles. The Labute approximate surface area is 125 Å². The van der Waals surface area contributed by atoms with Gasteiger partial charge in [-0.25, -0.2) is 0 Å². The number of carbonyl (C=O) groups excluding carboxylic acids is 2. The SMILES string of the molecule is Nc1ccc(CC(=O)NCCCNC(=O)C2CCC2)cc1. The van der Waals surface area contributed by atoms with Crippen LogP contribution in [0, 0.1) is 5.92 Å². The number of nitrogens with two attached hydrogens (primary N) is 1. The number of hydrogen-bond acceptors (Lipinski definition) is 3. The molecule has 1 aliphatic carbocycles. The van der Waals surface area contributed by atoms with Crippen molar-refractivity contribution in [3.05, 3.63) is 29.8 Å². The summed E-state index contributed by atoms with van der Waals surface area (Å²) in [6.07, 6.45) is 4.31. The van der Waals surface area contributed by atoms with Gasteiger partial charge in [0.15, 0.2) is 0 Å². The highest BCUT2D eigenvalue weighted by Crippen LogP contribution is 2.25. The number of anilines is 1. The van der Waals surface area contributed by atoms with Gasteiger partial charge < -0.3 is 16.4 Å². The van der Waals surface area contributed by atoms with Gasteiger partial charge in [-0.3, -0.25) is 9.59 Å². The minimum Gasteiger partial charge on any atom is -0.399 e. The van der Waals surface area contributed by atoms with Crippen molar-refractivity contribution in [3.63, 3.8) is 0 Å². The van der Waals surface area contributed by atoms with Crippen molar-refractivity contribution in [2.45, 2.75) is 32.1 Å². The standard InChI is InChI=1S/C16H23N3O2/c17-14-7-5-12(6-8-14)11-15(20)18-9-2-10-19-16(21)13-3-1-4-13/h5-8,13H,1-4,9-11,17H2,(H,18,20)(H,19,21). The Balaban J connectivity index is 1.54. The second kappa shape index (κ2) is 7.67. The number of benzene rings is 1. The van der Waals surface area contributed by atoms with E-state index in [-0.39, 0.29) is 17.7 Å². The van der Waals surface area contributed by atoms with Crippen LogP contribution < -0.4 is 16.4 Å². The largest absolute Gasteiger partial charge is 0.399 e. The lowest BCUT2D eigenvalue weighted by Gasteiger charge is -2.23. The smallest absolute Gasteiger partial charge is 0.224 e. The lowest BCUT2D eigenvalue weighted by atomic mass is 9.85. The summed E-state index contributed by atoms with van der Waals surface area (Å²) in [5.74, 6) is 0.379. The van der Waals surface area contributed by atoms with Crippen LogP contribution in [0.4, 0.5) is 5.69 Å². The third-order valence-electron chi connectivity index (χ3n) is 3.80. The molecule has 0 bridgehead atoms. The van der Waals surface area contributed by atoms with E-state index in [1.165, 1.54) is 6.42 Å². The molecule has 2 amide bonds. The van der Waals surface area contributed by atoms with Crippen LogP contribution in [0.5, 0.6) is 0 Å². The molecular weight excluding hydrogens is 266 g/mol. The van der Waals surface area contributed by atoms with Crippen molar-refractivity contribution in [2.75, 3.05) is 18.8 Å². The van der Waals surface area contributed by atoms with E-state index in [4.69, 9.17) is 5.73 Å². The zero-order chi connectivity index (χ0) is 15.1. The summed E-state index contributed by atoms with van der Waals surface area (Å²) >= 11 is 0. The van der Waals surface area contributed by atoms with Gasteiger partial charge in [0.25, 0.3) is 0 Å². The molecule has 1 fully saturated rings. The second-order valence-corrected chi connectivity index (χ2v) is 5.54. The summed E-state index contributed by atoms with van der Waals surface area (Å²) in [5, 5.41) is 5.77. The molecule has 114 valence electrons. The highest BCUT2D eigenvalue weighted by molar-refractivity contribution is 5.79. The van der Waals surface area contributed by atoms with Crippen LogP contribution >= 0.6 is 0 Å². The van der Waals surface area contributed by atoms with E-state index in [9.17, 15) is 9.59 Å². The van der Waals surface area contributed by atoms with Gasteiger partial charge in [-0.2, -0.15) is 0 Å². The predicted molar refractivity (Wildman–Crippen MR) is 82.5 cm³/mol. The van der Waals surface area contributed by atoms with E-state index in [1.807, 2.05) is 12.1 Å². The Bertz CT molecular complexity index is 481. The van der Waals surface area contributed by atoms with E-state index in [2.05, 4.69) is 10.6 Å². The average molecular weight is 289 g/mol. The fourth-order valence-corrected chi connectivity index (χ4v) is 2.23. The monoisotopic (exact) mass is 289 g/mol. The van der Waals surface area contributed by atoms with Crippen molar-refractivity contribution in [1.82, 2.24) is 10.6 Å². The van der Waals surface area contributed by atoms with Crippen LogP contribution in [-0.2, 0) is 16.0 Å². The van der Waals surface area contributed by atoms with Crippen LogP contribution in [0.25, 0.3) is 0 Å². The maximum atomic E-state index is 11.7. The van der Waals surface area contributed by atoms with Crippen LogP contribution in [0.3, 0.4) is 0 Å². The molecule has 0 atom stereocenters. The van der Waals surface area contributed by atoms with Crippen LogP contribution in [-0.4, -0.2) is 24.9 Å². The number of nitrogens with one attached hydrogen (secondary N) is 2. The van der Waals surface area contributed by atoms with Crippen molar-refractivity contribution in [2.24, 2.45) is 5.92 Å². The number of rotatable bonds is 7. The molecule has 0 aromatic heterocycles. The average Bonchev–Trinajstić information content (AvgIpc) is 2.39. The Morgan fingerprint density at radius 3 is 2.38 bits per heavy atom. The van der Waals surface area contributed by atoms with E-state index in [1.54, 1.807) is 12.1 Å². The first-order valence-electron chi connectivity index (χ1n) is 7.54. The third kappa shape index (κ3) is 5.10. The van der Waals surface area contributed by atoms with Crippen molar-refractivity contribution >= 4 is 17.5 Å². The van der Waals surface area contributed by atoms with E-state index >= 15 is 0 Å². The second-order valence-electron chi connectivity index (χ2n) is 5.54. The molecule has 5 heteroatoms. The van der Waals surface area contributed by atoms with E-state index < -0.39 is 0 Å². The summed E-state index contributed by atoms with van der Waals surface area (Å²) in [5.41, 5.74) is 7.24. The minimum absolute atomic E-state index is 0.00918. The molecule has 0 unspecified atom stereocenters. The van der Waals surface area contributed by atoms with Gasteiger partial charge in [0, 0.05) is 24.7 Å². The van der Waals surface area contributed by atoms with Crippen LogP contribution in [0.15, 0.2) is 24.3 Å². The molecule has 1 aromatic rings. The maximum Gasteiger partial charge on any atom is 0.224 e. The molecule has 0 radical (unpaired) electrons. The zero-order valence-electron chi connectivity index (χ0n) is 12.2. The van der Waals surface area contributed by atoms with Gasteiger partial charge in [-0.15, -0.1) is 0 Å². The Morgan fingerprint density at radius 1 is 1.10 bits per heavy atom. The first-order valence-corrected chi connectivity index (χ1v) is 7.54. The molecule has 0 heterocycles. The van der Waals surface area contributed by atoms with Gasteiger partial charge in [0.2, 0.25) is 11.8 Å². The molecule has 21 heavy (non-hydrogen) atoms. The molecular formula is C16H23N3O2. The van der Waals surface area contributed by atoms with Crippen molar-refractivity contribution in [3.8, 4) is 0 Å². The lowest BCUT2D eigenvalue weighted by Crippen LogP contribution is -2.36. The highest BCUT2D eigenvalue weighted by Gasteiger charge is 2.24. The fraction of sp³-hybridized carbons (Fsp3) is 0.500. The molecule has 1 aromatic carbocycles. The molecule has 2 rings (SSSR count). The summed E-state index contributed by atoms with van der Waals surface area (Å²) in [6, 6.07) is 7.29. The fourth-order valence-electron chi connectivity index (χ4n) is 2.23. The Hall–Kier alpha value is -2.04. The molecule has 0 aliphatic heterocycles. The molecule has 1 aliphatic rings. The number of nitrogen functional groups attached to an aromatic ring is 1. The highest BCUT2D eigenvalue weighted by atomic mass is 16.2. The first-order chi connectivity index (χ1) is 10.1. The molecule has 1 saturated carbocycles. The Morgan fingerprint density at radius 2 is 1.76 bits per heavy atom. The normalized spacial score (nSPS) is 14.3. The topological polar surface area (TPSA) is 84.2 Å².